The number of hydrogen-bond donors (Lipinski definition) is 2. The summed E-state index contributed by atoms with van der Waals surface area (Å²) in [6.07, 6.45) is 3.75. The quantitative estimate of drug-likeness (QED) is 0.284. The number of nitrogens with two attached hydrogens (primary N) is 1. The zero-order valence-corrected chi connectivity index (χ0v) is 24.7. The Hall–Kier alpha value is -3.77. The van der Waals surface area contributed by atoms with Gasteiger partial charge in [-0.25, -0.2) is 4.79 Å². The number of carbonyl (C=O) groups excluding carboxylic acids is 1. The highest BCUT2D eigenvalue weighted by molar-refractivity contribution is 5.95. The Morgan fingerprint density at radius 1 is 0.707 bits per heavy atom. The number of alkyl carbamates (subject to hydrolysis) is 1. The van der Waals surface area contributed by atoms with Gasteiger partial charge in [-0.15, -0.1) is 0 Å². The minimum atomic E-state index is -0.451. The Labute approximate surface area is 244 Å². The van der Waals surface area contributed by atoms with E-state index in [0.29, 0.717) is 6.04 Å². The number of benzene rings is 4. The van der Waals surface area contributed by atoms with E-state index in [9.17, 15) is 4.79 Å². The van der Waals surface area contributed by atoms with E-state index in [-0.39, 0.29) is 12.1 Å². The standard InChI is InChI=1S/C20H26N2O2.C15H18N2/c1-20(2,3)24-19(23)21-16-11-13-22(14-12-16)18-10-6-8-15-7-4-5-9-17(15)18;16-13-8-10-17(11-9-13)15-7-3-5-12-4-1-2-6-14(12)15/h4-10,16H,11-14H2,1-3H3,(H,21,23);1-7,13H,8-11,16H2. The fraction of sp³-hybridized carbons (Fsp3) is 0.400. The Bertz CT molecular complexity index is 1440. The number of rotatable bonds is 3. The molecule has 0 aromatic heterocycles. The monoisotopic (exact) mass is 552 g/mol. The molecule has 4 aromatic carbocycles. The van der Waals surface area contributed by atoms with Gasteiger partial charge in [0.15, 0.2) is 0 Å². The van der Waals surface area contributed by atoms with Crippen LogP contribution < -0.4 is 20.9 Å². The summed E-state index contributed by atoms with van der Waals surface area (Å²) in [7, 11) is 0. The van der Waals surface area contributed by atoms with Gasteiger partial charge in [0.05, 0.1) is 0 Å². The maximum Gasteiger partial charge on any atom is 0.407 e. The third-order valence-corrected chi connectivity index (χ3v) is 7.97. The SMILES string of the molecule is CC(C)(C)OC(=O)NC1CCN(c2cccc3ccccc23)CC1.NC1CCN(c2cccc3ccccc23)CC1. The molecule has 2 aliphatic rings. The summed E-state index contributed by atoms with van der Waals surface area (Å²) in [6, 6.07) is 30.6. The predicted octanol–water partition coefficient (Wildman–Crippen LogP) is 7.10. The summed E-state index contributed by atoms with van der Waals surface area (Å²) < 4.78 is 5.35. The Morgan fingerprint density at radius 2 is 1.15 bits per heavy atom. The molecule has 6 heteroatoms. The van der Waals surface area contributed by atoms with Crippen molar-refractivity contribution in [2.24, 2.45) is 5.73 Å². The van der Waals surface area contributed by atoms with Gasteiger partial charge in [-0.3, -0.25) is 0 Å². The molecule has 2 fully saturated rings. The molecule has 4 aromatic rings. The first-order valence-electron chi connectivity index (χ1n) is 15.0. The topological polar surface area (TPSA) is 70.8 Å². The first kappa shape index (κ1) is 28.7. The molecule has 1 amide bonds. The highest BCUT2D eigenvalue weighted by Crippen LogP contribution is 2.30. The van der Waals surface area contributed by atoms with Crippen molar-refractivity contribution in [1.29, 1.82) is 0 Å². The highest BCUT2D eigenvalue weighted by atomic mass is 16.6. The average Bonchev–Trinajstić information content (AvgIpc) is 2.97. The number of nitrogens with zero attached hydrogens (tertiary/aromatic N) is 2. The zero-order chi connectivity index (χ0) is 28.8. The highest BCUT2D eigenvalue weighted by Gasteiger charge is 2.24. The van der Waals surface area contributed by atoms with Gasteiger partial charge in [-0.05, 0) is 69.4 Å². The number of nitrogens with one attached hydrogen (secondary N) is 1. The van der Waals surface area contributed by atoms with Crippen molar-refractivity contribution in [3.63, 3.8) is 0 Å². The normalized spacial score (nSPS) is 16.8. The fourth-order valence-corrected chi connectivity index (χ4v) is 5.85. The van der Waals surface area contributed by atoms with Crippen LogP contribution in [-0.4, -0.2) is 50.0 Å². The second-order valence-electron chi connectivity index (χ2n) is 12.2. The number of amides is 1. The van der Waals surface area contributed by atoms with Gasteiger partial charge in [0.25, 0.3) is 0 Å². The molecule has 0 radical (unpaired) electrons. The smallest absolute Gasteiger partial charge is 0.407 e. The third-order valence-electron chi connectivity index (χ3n) is 7.97. The van der Waals surface area contributed by atoms with Crippen molar-refractivity contribution >= 4 is 39.0 Å². The molecule has 0 atom stereocenters. The van der Waals surface area contributed by atoms with Crippen molar-refractivity contribution < 1.29 is 9.53 Å². The van der Waals surface area contributed by atoms with Crippen LogP contribution in [0.1, 0.15) is 46.5 Å². The fourth-order valence-electron chi connectivity index (χ4n) is 5.85. The van der Waals surface area contributed by atoms with E-state index in [2.05, 4.69) is 100 Å². The van der Waals surface area contributed by atoms with Crippen LogP contribution in [0.4, 0.5) is 16.2 Å². The summed E-state index contributed by atoms with van der Waals surface area (Å²) in [4.78, 5) is 16.8. The molecule has 6 nitrogen and oxygen atoms in total. The molecule has 0 spiro atoms. The lowest BCUT2D eigenvalue weighted by molar-refractivity contribution is 0.0497. The van der Waals surface area contributed by atoms with Gasteiger partial charge in [0, 0.05) is 60.4 Å². The summed E-state index contributed by atoms with van der Waals surface area (Å²) in [6.45, 7) is 9.69. The van der Waals surface area contributed by atoms with E-state index in [1.807, 2.05) is 20.8 Å². The Morgan fingerprint density at radius 3 is 1.63 bits per heavy atom. The van der Waals surface area contributed by atoms with Crippen LogP contribution in [0.15, 0.2) is 84.9 Å². The summed E-state index contributed by atoms with van der Waals surface area (Å²) >= 11 is 0. The molecule has 2 heterocycles. The van der Waals surface area contributed by atoms with E-state index < -0.39 is 5.60 Å². The van der Waals surface area contributed by atoms with Crippen LogP contribution in [0.25, 0.3) is 21.5 Å². The predicted molar refractivity (Wildman–Crippen MR) is 172 cm³/mol. The van der Waals surface area contributed by atoms with E-state index in [1.165, 1.54) is 32.9 Å². The molecule has 3 N–H and O–H groups in total. The second-order valence-corrected chi connectivity index (χ2v) is 12.2. The van der Waals surface area contributed by atoms with Gasteiger partial charge < -0.3 is 25.6 Å². The molecule has 0 aliphatic carbocycles. The maximum atomic E-state index is 11.9. The largest absolute Gasteiger partial charge is 0.444 e. The number of ether oxygens (including phenoxy) is 1. The van der Waals surface area contributed by atoms with Crippen LogP contribution in [0.5, 0.6) is 0 Å². The maximum absolute atomic E-state index is 11.9. The van der Waals surface area contributed by atoms with Crippen molar-refractivity contribution in [2.75, 3.05) is 36.0 Å². The van der Waals surface area contributed by atoms with Crippen molar-refractivity contribution in [2.45, 2.75) is 64.1 Å². The summed E-state index contributed by atoms with van der Waals surface area (Å²) in [5, 5.41) is 8.23. The number of carbonyl (C=O) groups is 1. The van der Waals surface area contributed by atoms with Gasteiger partial charge >= 0.3 is 6.09 Å². The van der Waals surface area contributed by atoms with E-state index in [0.717, 1.165) is 51.9 Å². The molecular formula is C35H44N4O2. The van der Waals surface area contributed by atoms with Crippen molar-refractivity contribution in [1.82, 2.24) is 5.32 Å². The Balaban J connectivity index is 0.000000174. The third kappa shape index (κ3) is 7.50. The molecule has 2 aliphatic heterocycles. The molecule has 0 bridgehead atoms. The molecule has 0 saturated carbocycles. The van der Waals surface area contributed by atoms with Gasteiger partial charge in [-0.2, -0.15) is 0 Å². The van der Waals surface area contributed by atoms with Gasteiger partial charge in [-0.1, -0.05) is 72.8 Å². The lowest BCUT2D eigenvalue weighted by atomic mass is 10.0. The Kier molecular flexibility index (Phi) is 8.99. The lowest BCUT2D eigenvalue weighted by Gasteiger charge is -2.35. The minimum absolute atomic E-state index is 0.186. The van der Waals surface area contributed by atoms with Crippen LogP contribution in [-0.2, 0) is 4.74 Å². The summed E-state index contributed by atoms with van der Waals surface area (Å²) in [5.74, 6) is 0. The first-order valence-corrected chi connectivity index (χ1v) is 15.0. The van der Waals surface area contributed by atoms with E-state index >= 15 is 0 Å². The van der Waals surface area contributed by atoms with Crippen LogP contribution in [0.3, 0.4) is 0 Å². The van der Waals surface area contributed by atoms with Crippen molar-refractivity contribution in [3.8, 4) is 0 Å². The molecule has 2 saturated heterocycles. The van der Waals surface area contributed by atoms with Crippen molar-refractivity contribution in [3.05, 3.63) is 84.9 Å². The van der Waals surface area contributed by atoms with Crippen LogP contribution >= 0.6 is 0 Å². The number of fused-ring (bicyclic) bond motifs is 2. The van der Waals surface area contributed by atoms with Gasteiger partial charge in [0.2, 0.25) is 0 Å². The number of piperidine rings is 2. The minimum Gasteiger partial charge on any atom is -0.444 e. The number of hydrogen-bond acceptors (Lipinski definition) is 5. The van der Waals surface area contributed by atoms with Gasteiger partial charge in [0.1, 0.15) is 5.60 Å². The molecule has 41 heavy (non-hydrogen) atoms. The van der Waals surface area contributed by atoms with E-state index in [1.54, 1.807) is 0 Å². The number of anilines is 2. The molecule has 6 rings (SSSR count). The zero-order valence-electron chi connectivity index (χ0n) is 24.7. The second kappa shape index (κ2) is 12.8. The average molecular weight is 553 g/mol. The summed E-state index contributed by atoms with van der Waals surface area (Å²) in [5.41, 5.74) is 8.15. The molecule has 0 unspecified atom stereocenters. The van der Waals surface area contributed by atoms with Crippen LogP contribution in [0.2, 0.25) is 0 Å². The van der Waals surface area contributed by atoms with Crippen LogP contribution in [0, 0.1) is 0 Å². The molecular weight excluding hydrogens is 508 g/mol. The molecule has 216 valence electrons. The van der Waals surface area contributed by atoms with E-state index in [4.69, 9.17) is 10.5 Å². The first-order chi connectivity index (χ1) is 19.8. The lowest BCUT2D eigenvalue weighted by Crippen LogP contribution is -2.46.